The molecule has 0 aromatic heterocycles. The number of rotatable bonds is 5. The molecule has 0 aliphatic heterocycles. The third kappa shape index (κ3) is 3.60. The van der Waals surface area contributed by atoms with E-state index in [1.807, 2.05) is 18.2 Å². The highest BCUT2D eigenvalue weighted by molar-refractivity contribution is 9.10. The SMILES string of the molecule is CCNC(c1ccccc1C)c1cc(Cl)cc(Br)c1OC. The Hall–Kier alpha value is -1.03. The average molecular weight is 369 g/mol. The first-order chi connectivity index (χ1) is 10.1. The maximum Gasteiger partial charge on any atom is 0.138 e. The number of nitrogens with one attached hydrogen (secondary N) is 1. The Morgan fingerprint density at radius 3 is 2.57 bits per heavy atom. The number of halogens is 2. The van der Waals surface area contributed by atoms with Gasteiger partial charge in [-0.05, 0) is 52.7 Å². The van der Waals surface area contributed by atoms with Crippen LogP contribution in [0.1, 0.15) is 29.7 Å². The summed E-state index contributed by atoms with van der Waals surface area (Å²) in [5.74, 6) is 0.814. The zero-order chi connectivity index (χ0) is 15.4. The molecule has 0 saturated carbocycles. The predicted molar refractivity (Wildman–Crippen MR) is 92.4 cm³/mol. The molecule has 1 unspecified atom stereocenters. The number of hydrogen-bond donors (Lipinski definition) is 1. The lowest BCUT2D eigenvalue weighted by Gasteiger charge is -2.23. The number of benzene rings is 2. The molecule has 2 aromatic carbocycles. The van der Waals surface area contributed by atoms with Crippen molar-refractivity contribution in [3.8, 4) is 5.75 Å². The minimum absolute atomic E-state index is 0.0427. The Bertz CT molecular complexity index is 630. The van der Waals surface area contributed by atoms with Gasteiger partial charge in [-0.25, -0.2) is 0 Å². The zero-order valence-electron chi connectivity index (χ0n) is 12.4. The van der Waals surface area contributed by atoms with E-state index in [1.54, 1.807) is 7.11 Å². The standard InChI is InChI=1S/C17H19BrClNO/c1-4-20-16(13-8-6-5-7-11(13)2)14-9-12(19)10-15(18)17(14)21-3/h5-10,16,20H,4H2,1-3H3. The van der Waals surface area contributed by atoms with Gasteiger partial charge < -0.3 is 10.1 Å². The highest BCUT2D eigenvalue weighted by Crippen LogP contribution is 2.38. The molecule has 112 valence electrons. The Balaban J connectivity index is 2.61. The molecule has 0 aliphatic carbocycles. The Kier molecular flexibility index (Phi) is 5.68. The highest BCUT2D eigenvalue weighted by Gasteiger charge is 2.21. The van der Waals surface area contributed by atoms with Crippen LogP contribution in [-0.2, 0) is 0 Å². The summed E-state index contributed by atoms with van der Waals surface area (Å²) in [5.41, 5.74) is 3.50. The van der Waals surface area contributed by atoms with Crippen molar-refractivity contribution >= 4 is 27.5 Å². The molecule has 0 aliphatic rings. The lowest BCUT2D eigenvalue weighted by molar-refractivity contribution is 0.401. The molecule has 0 amide bonds. The summed E-state index contributed by atoms with van der Waals surface area (Å²) >= 11 is 9.77. The van der Waals surface area contributed by atoms with Crippen LogP contribution in [-0.4, -0.2) is 13.7 Å². The van der Waals surface area contributed by atoms with Crippen LogP contribution in [0.3, 0.4) is 0 Å². The van der Waals surface area contributed by atoms with Crippen LogP contribution in [0.4, 0.5) is 0 Å². The van der Waals surface area contributed by atoms with Crippen LogP contribution in [0, 0.1) is 6.92 Å². The van der Waals surface area contributed by atoms with Crippen molar-refractivity contribution in [1.29, 1.82) is 0 Å². The molecule has 21 heavy (non-hydrogen) atoms. The summed E-state index contributed by atoms with van der Waals surface area (Å²) < 4.78 is 6.44. The van der Waals surface area contributed by atoms with E-state index in [0.717, 1.165) is 22.3 Å². The van der Waals surface area contributed by atoms with Crippen LogP contribution >= 0.6 is 27.5 Å². The van der Waals surface area contributed by atoms with Gasteiger partial charge in [-0.2, -0.15) is 0 Å². The molecule has 0 bridgehead atoms. The molecule has 2 rings (SSSR count). The lowest BCUT2D eigenvalue weighted by atomic mass is 9.94. The number of aryl methyl sites for hydroxylation is 1. The lowest BCUT2D eigenvalue weighted by Crippen LogP contribution is -2.23. The van der Waals surface area contributed by atoms with Crippen LogP contribution in [0.15, 0.2) is 40.9 Å². The molecule has 0 heterocycles. The summed E-state index contributed by atoms with van der Waals surface area (Å²) in [5, 5.41) is 4.21. The summed E-state index contributed by atoms with van der Waals surface area (Å²) in [7, 11) is 1.68. The van der Waals surface area contributed by atoms with Gasteiger partial charge in [-0.15, -0.1) is 0 Å². The number of methoxy groups -OCH3 is 1. The fourth-order valence-corrected chi connectivity index (χ4v) is 3.51. The van der Waals surface area contributed by atoms with Crippen molar-refractivity contribution in [1.82, 2.24) is 5.32 Å². The fourth-order valence-electron chi connectivity index (χ4n) is 2.51. The van der Waals surface area contributed by atoms with Crippen LogP contribution in [0.2, 0.25) is 5.02 Å². The first-order valence-electron chi connectivity index (χ1n) is 6.90. The average Bonchev–Trinajstić information content (AvgIpc) is 2.45. The monoisotopic (exact) mass is 367 g/mol. The molecule has 0 fully saturated rings. The van der Waals surface area contributed by atoms with Crippen molar-refractivity contribution in [3.05, 3.63) is 62.6 Å². The van der Waals surface area contributed by atoms with Crippen LogP contribution in [0.25, 0.3) is 0 Å². The van der Waals surface area contributed by atoms with Crippen molar-refractivity contribution in [2.45, 2.75) is 19.9 Å². The molecule has 1 atom stereocenters. The van der Waals surface area contributed by atoms with Gasteiger partial charge in [0.15, 0.2) is 0 Å². The molecular formula is C17H19BrClNO. The van der Waals surface area contributed by atoms with E-state index >= 15 is 0 Å². The highest BCUT2D eigenvalue weighted by atomic mass is 79.9. The first-order valence-corrected chi connectivity index (χ1v) is 8.07. The van der Waals surface area contributed by atoms with E-state index < -0.39 is 0 Å². The summed E-state index contributed by atoms with van der Waals surface area (Å²) in [6, 6.07) is 12.2. The minimum atomic E-state index is 0.0427. The number of ether oxygens (including phenoxy) is 1. The third-order valence-electron chi connectivity index (χ3n) is 3.46. The summed E-state index contributed by atoms with van der Waals surface area (Å²) in [6.45, 7) is 5.06. The van der Waals surface area contributed by atoms with Gasteiger partial charge in [-0.3, -0.25) is 0 Å². The van der Waals surface area contributed by atoms with Gasteiger partial charge in [0.2, 0.25) is 0 Å². The molecule has 0 radical (unpaired) electrons. The van der Waals surface area contributed by atoms with E-state index in [9.17, 15) is 0 Å². The van der Waals surface area contributed by atoms with Crippen molar-refractivity contribution in [3.63, 3.8) is 0 Å². The molecule has 4 heteroatoms. The van der Waals surface area contributed by atoms with E-state index in [1.165, 1.54) is 11.1 Å². The van der Waals surface area contributed by atoms with Gasteiger partial charge in [0.25, 0.3) is 0 Å². The van der Waals surface area contributed by atoms with Crippen LogP contribution < -0.4 is 10.1 Å². The number of hydrogen-bond acceptors (Lipinski definition) is 2. The second-order valence-electron chi connectivity index (χ2n) is 4.86. The Labute approximate surface area is 139 Å². The zero-order valence-corrected chi connectivity index (χ0v) is 14.8. The first kappa shape index (κ1) is 16.3. The smallest absolute Gasteiger partial charge is 0.138 e. The van der Waals surface area contributed by atoms with E-state index in [4.69, 9.17) is 16.3 Å². The van der Waals surface area contributed by atoms with Crippen molar-refractivity contribution in [2.24, 2.45) is 0 Å². The maximum atomic E-state index is 6.24. The molecule has 0 spiro atoms. The van der Waals surface area contributed by atoms with Gasteiger partial charge in [-0.1, -0.05) is 42.8 Å². The minimum Gasteiger partial charge on any atom is -0.495 e. The fraction of sp³-hybridized carbons (Fsp3) is 0.294. The molecule has 1 N–H and O–H groups in total. The van der Waals surface area contributed by atoms with E-state index in [-0.39, 0.29) is 6.04 Å². The molecular weight excluding hydrogens is 350 g/mol. The Morgan fingerprint density at radius 1 is 1.24 bits per heavy atom. The molecule has 0 saturated heterocycles. The van der Waals surface area contributed by atoms with Gasteiger partial charge >= 0.3 is 0 Å². The summed E-state index contributed by atoms with van der Waals surface area (Å²) in [6.07, 6.45) is 0. The van der Waals surface area contributed by atoms with Gasteiger partial charge in [0.1, 0.15) is 5.75 Å². The van der Waals surface area contributed by atoms with Crippen molar-refractivity contribution in [2.75, 3.05) is 13.7 Å². The second-order valence-corrected chi connectivity index (χ2v) is 6.15. The maximum absolute atomic E-state index is 6.24. The topological polar surface area (TPSA) is 21.3 Å². The van der Waals surface area contributed by atoms with Crippen LogP contribution in [0.5, 0.6) is 5.75 Å². The van der Waals surface area contributed by atoms with Crippen molar-refractivity contribution < 1.29 is 4.74 Å². The van der Waals surface area contributed by atoms with E-state index in [2.05, 4.69) is 53.3 Å². The largest absolute Gasteiger partial charge is 0.495 e. The Morgan fingerprint density at radius 2 is 1.95 bits per heavy atom. The summed E-state index contributed by atoms with van der Waals surface area (Å²) in [4.78, 5) is 0. The second kappa shape index (κ2) is 7.30. The molecule has 2 aromatic rings. The van der Waals surface area contributed by atoms with Gasteiger partial charge in [0.05, 0.1) is 17.6 Å². The quantitative estimate of drug-likeness (QED) is 0.791. The van der Waals surface area contributed by atoms with E-state index in [0.29, 0.717) is 5.02 Å². The normalized spacial score (nSPS) is 12.2. The van der Waals surface area contributed by atoms with Gasteiger partial charge in [0, 0.05) is 10.6 Å². The predicted octanol–water partition coefficient (Wildman–Crippen LogP) is 5.12. The third-order valence-corrected chi connectivity index (χ3v) is 4.27. The molecule has 2 nitrogen and oxygen atoms in total.